The van der Waals surface area contributed by atoms with Gasteiger partial charge >= 0.3 is 0 Å². The highest BCUT2D eigenvalue weighted by Crippen LogP contribution is 2.49. The Morgan fingerprint density at radius 3 is 1.15 bits per heavy atom. The van der Waals surface area contributed by atoms with Gasteiger partial charge < -0.3 is 47.1 Å². The second kappa shape index (κ2) is 24.9. The number of unbranched alkanes of at least 4 members (excludes halogenated alkanes) is 4. The minimum atomic E-state index is 0.233. The summed E-state index contributed by atoms with van der Waals surface area (Å²) in [6.07, 6.45) is 8.47. The summed E-state index contributed by atoms with van der Waals surface area (Å²) in [6.45, 7) is 13.5. The standard InChI is InChI=1S/C76H76N2O8/c1-3-75(49-83-50-75)47-81-41-13-5-11-39-79-45-53-19-27-57(28-20-53)77(59-31-37-71-65(43-59)61-15-7-9-17-69(61)85-71)67-35-25-55-24-34-64-68(36-26-56-23-33-63(67)73(55)74(56)64)78(60-32-38-72-66(44-60)62-16-8-10-18-70(62)86-72)58-29-21-54(22-30-58)46-80-40-12-6-14-42-82-48-76(4-2)51-84-52-76/h7-10,15-38,43-44H,3-6,11-14,39-42,45-52H2,1-2H3. The summed E-state index contributed by atoms with van der Waals surface area (Å²) in [5.74, 6) is 0. The van der Waals surface area contributed by atoms with E-state index in [0.29, 0.717) is 13.2 Å². The van der Waals surface area contributed by atoms with Gasteiger partial charge in [0, 0.05) is 92.3 Å². The van der Waals surface area contributed by atoms with Crippen LogP contribution in [0.3, 0.4) is 0 Å². The molecule has 0 amide bonds. The van der Waals surface area contributed by atoms with Crippen LogP contribution in [0, 0.1) is 10.8 Å². The van der Waals surface area contributed by atoms with Crippen molar-refractivity contribution in [2.45, 2.75) is 78.4 Å². The largest absolute Gasteiger partial charge is 0.456 e. The molecule has 0 aliphatic carbocycles. The Balaban J connectivity index is 0.763. The van der Waals surface area contributed by atoms with Crippen molar-refractivity contribution in [3.8, 4) is 0 Å². The predicted octanol–water partition coefficient (Wildman–Crippen LogP) is 19.6. The van der Waals surface area contributed by atoms with Gasteiger partial charge in [0.15, 0.2) is 0 Å². The number of para-hydroxylation sites is 2. The molecule has 12 aromatic rings. The second-order valence-electron chi connectivity index (χ2n) is 24.2. The number of hydrogen-bond donors (Lipinski definition) is 0. The normalized spacial score (nSPS) is 14.8. The number of furan rings is 2. The number of fused-ring (bicyclic) bond motifs is 6. The van der Waals surface area contributed by atoms with Gasteiger partial charge in [0.1, 0.15) is 22.3 Å². The van der Waals surface area contributed by atoms with Gasteiger partial charge in [0.05, 0.1) is 64.2 Å². The van der Waals surface area contributed by atoms with Gasteiger partial charge in [-0.25, -0.2) is 0 Å². The molecule has 2 aliphatic rings. The molecule has 2 fully saturated rings. The molecule has 0 bridgehead atoms. The molecule has 0 radical (unpaired) electrons. The van der Waals surface area contributed by atoms with Crippen molar-refractivity contribution in [1.29, 1.82) is 0 Å². The third-order valence-corrected chi connectivity index (χ3v) is 18.4. The smallest absolute Gasteiger partial charge is 0.135 e. The Morgan fingerprint density at radius 2 is 0.744 bits per heavy atom. The molecule has 2 aliphatic heterocycles. The van der Waals surface area contributed by atoms with Crippen LogP contribution in [-0.2, 0) is 41.6 Å². The van der Waals surface area contributed by atoms with Gasteiger partial charge in [-0.2, -0.15) is 0 Å². The van der Waals surface area contributed by atoms with Crippen LogP contribution in [0.5, 0.6) is 0 Å². The quantitative estimate of drug-likeness (QED) is 0.0349. The molecular weight excluding hydrogens is 1070 g/mol. The van der Waals surface area contributed by atoms with Crippen LogP contribution < -0.4 is 9.80 Å². The average Bonchev–Trinajstić information content (AvgIpc) is 1.01. The van der Waals surface area contributed by atoms with Crippen molar-refractivity contribution in [3.05, 3.63) is 193 Å². The Morgan fingerprint density at radius 1 is 0.360 bits per heavy atom. The number of benzene rings is 10. The Bertz CT molecular complexity index is 3990. The molecule has 14 rings (SSSR count). The van der Waals surface area contributed by atoms with Crippen molar-refractivity contribution >= 4 is 110 Å². The Hall–Kier alpha value is -7.80. The van der Waals surface area contributed by atoms with Gasteiger partial charge in [0.25, 0.3) is 0 Å². The summed E-state index contributed by atoms with van der Waals surface area (Å²) in [4.78, 5) is 4.82. The number of ether oxygens (including phenoxy) is 6. The predicted molar refractivity (Wildman–Crippen MR) is 350 cm³/mol. The van der Waals surface area contributed by atoms with Crippen LogP contribution in [0.25, 0.3) is 76.2 Å². The Labute approximate surface area is 503 Å². The van der Waals surface area contributed by atoms with E-state index >= 15 is 0 Å². The lowest BCUT2D eigenvalue weighted by atomic mass is 9.84. The van der Waals surface area contributed by atoms with Crippen molar-refractivity contribution < 1.29 is 37.3 Å². The van der Waals surface area contributed by atoms with Crippen LogP contribution in [0.2, 0.25) is 0 Å². The molecule has 0 saturated carbocycles. The van der Waals surface area contributed by atoms with Gasteiger partial charge in [-0.05, 0) is 169 Å². The minimum absolute atomic E-state index is 0.233. The molecule has 0 unspecified atom stereocenters. The first-order chi connectivity index (χ1) is 42.5. The maximum absolute atomic E-state index is 6.39. The van der Waals surface area contributed by atoms with Crippen LogP contribution in [-0.4, -0.2) is 66.1 Å². The highest BCUT2D eigenvalue weighted by Gasteiger charge is 2.38. The first kappa shape index (κ1) is 56.0. The molecule has 2 saturated heterocycles. The second-order valence-corrected chi connectivity index (χ2v) is 24.2. The van der Waals surface area contributed by atoms with E-state index in [1.807, 2.05) is 24.3 Å². The molecule has 0 spiro atoms. The summed E-state index contributed by atoms with van der Waals surface area (Å²) >= 11 is 0. The molecule has 86 heavy (non-hydrogen) atoms. The lowest BCUT2D eigenvalue weighted by Crippen LogP contribution is -2.45. The SMILES string of the molecule is CCC1(COCCCCCOCc2ccc(N(c3ccc4oc5ccccc5c4c3)c3ccc4ccc5c(N(c6ccc(COCCCCCOCC7(CC)COC7)cc6)c6ccc7oc8ccccc8c7c6)ccc6ccc3c4c65)cc2)COC1. The Kier molecular flexibility index (Phi) is 16.2. The zero-order valence-electron chi connectivity index (χ0n) is 49.6. The van der Waals surface area contributed by atoms with Gasteiger partial charge in [0.2, 0.25) is 0 Å². The van der Waals surface area contributed by atoms with Crippen molar-refractivity contribution in [3.63, 3.8) is 0 Å². The lowest BCUT2D eigenvalue weighted by molar-refractivity contribution is -0.150. The van der Waals surface area contributed by atoms with Gasteiger partial charge in [-0.15, -0.1) is 0 Å². The van der Waals surface area contributed by atoms with E-state index in [2.05, 4.69) is 181 Å². The summed E-state index contributed by atoms with van der Waals surface area (Å²) < 4.78 is 48.3. The average molecular weight is 1150 g/mol. The fraction of sp³-hybridized carbons (Fsp3) is 0.316. The van der Waals surface area contributed by atoms with Crippen LogP contribution in [0.4, 0.5) is 34.1 Å². The number of rotatable bonds is 28. The monoisotopic (exact) mass is 1140 g/mol. The topological polar surface area (TPSA) is 88.1 Å². The molecule has 0 atom stereocenters. The zero-order chi connectivity index (χ0) is 57.9. The zero-order valence-corrected chi connectivity index (χ0v) is 49.6. The number of hydrogen-bond acceptors (Lipinski definition) is 10. The molecule has 10 aromatic carbocycles. The highest BCUT2D eigenvalue weighted by molar-refractivity contribution is 6.28. The molecule has 438 valence electrons. The first-order valence-electron chi connectivity index (χ1n) is 31.2. The van der Waals surface area contributed by atoms with Crippen LogP contribution in [0.15, 0.2) is 191 Å². The first-order valence-corrected chi connectivity index (χ1v) is 31.2. The molecule has 0 N–H and O–H groups in total. The summed E-state index contributed by atoms with van der Waals surface area (Å²) in [5, 5.41) is 11.5. The maximum Gasteiger partial charge on any atom is 0.135 e. The molecular formula is C76H76N2O8. The fourth-order valence-corrected chi connectivity index (χ4v) is 12.9. The third kappa shape index (κ3) is 11.2. The van der Waals surface area contributed by atoms with Crippen LogP contribution >= 0.6 is 0 Å². The molecule has 2 aromatic heterocycles. The highest BCUT2D eigenvalue weighted by atomic mass is 16.5. The van der Waals surface area contributed by atoms with Crippen molar-refractivity contribution in [1.82, 2.24) is 0 Å². The molecule has 10 nitrogen and oxygen atoms in total. The van der Waals surface area contributed by atoms with E-state index < -0.39 is 0 Å². The van der Waals surface area contributed by atoms with E-state index in [0.717, 1.165) is 217 Å². The van der Waals surface area contributed by atoms with E-state index in [4.69, 9.17) is 37.3 Å². The minimum Gasteiger partial charge on any atom is -0.456 e. The summed E-state index contributed by atoms with van der Waals surface area (Å²) in [7, 11) is 0. The number of anilines is 6. The van der Waals surface area contributed by atoms with E-state index in [1.165, 1.54) is 21.5 Å². The van der Waals surface area contributed by atoms with E-state index in [9.17, 15) is 0 Å². The van der Waals surface area contributed by atoms with E-state index in [-0.39, 0.29) is 10.8 Å². The van der Waals surface area contributed by atoms with Crippen molar-refractivity contribution in [2.75, 3.05) is 75.9 Å². The molecule has 10 heteroatoms. The van der Waals surface area contributed by atoms with E-state index in [1.54, 1.807) is 0 Å². The van der Waals surface area contributed by atoms with Gasteiger partial charge in [-0.1, -0.05) is 111 Å². The lowest BCUT2D eigenvalue weighted by Gasteiger charge is -2.40. The number of nitrogens with zero attached hydrogens (tertiary/aromatic N) is 2. The fourth-order valence-electron chi connectivity index (χ4n) is 12.9. The summed E-state index contributed by atoms with van der Waals surface area (Å²) in [5.41, 5.74) is 12.6. The summed E-state index contributed by atoms with van der Waals surface area (Å²) in [6, 6.07) is 66.0. The molecule has 4 heterocycles. The maximum atomic E-state index is 6.39. The van der Waals surface area contributed by atoms with Crippen LogP contribution in [0.1, 0.15) is 76.3 Å². The van der Waals surface area contributed by atoms with Gasteiger partial charge in [-0.3, -0.25) is 0 Å². The van der Waals surface area contributed by atoms with Crippen molar-refractivity contribution in [2.24, 2.45) is 10.8 Å². The third-order valence-electron chi connectivity index (χ3n) is 18.4.